The predicted octanol–water partition coefficient (Wildman–Crippen LogP) is -1.40. The molecule has 6 nitrogen and oxygen atoms in total. The molecule has 0 amide bonds. The van der Waals surface area contributed by atoms with Crippen LogP contribution in [0.4, 0.5) is 0 Å². The van der Waals surface area contributed by atoms with Crippen molar-refractivity contribution in [2.75, 3.05) is 0 Å². The molecule has 0 heterocycles. The number of aliphatic carboxylic acids is 1. The summed E-state index contributed by atoms with van der Waals surface area (Å²) in [5.74, 6) is -4.84. The van der Waals surface area contributed by atoms with Gasteiger partial charge in [-0.2, -0.15) is 0 Å². The Balaban J connectivity index is 4.04. The molecule has 0 aliphatic rings. The van der Waals surface area contributed by atoms with Gasteiger partial charge in [0.25, 0.3) is 0 Å². The van der Waals surface area contributed by atoms with Gasteiger partial charge in [-0.15, -0.1) is 0 Å². The van der Waals surface area contributed by atoms with E-state index in [1.165, 1.54) is 0 Å². The minimum Gasteiger partial charge on any atom is -0.473 e. The highest BCUT2D eigenvalue weighted by atomic mass is 16.6. The normalized spacial score (nSPS) is 10.8. The summed E-state index contributed by atoms with van der Waals surface area (Å²) >= 11 is 0. The Kier molecular flexibility index (Phi) is 2.97. The van der Waals surface area contributed by atoms with Crippen LogP contribution >= 0.6 is 0 Å². The van der Waals surface area contributed by atoms with Crippen LogP contribution in [0.15, 0.2) is 0 Å². The van der Waals surface area contributed by atoms with E-state index in [4.69, 9.17) is 16.6 Å². The lowest BCUT2D eigenvalue weighted by molar-refractivity contribution is -0.174. The molecule has 0 radical (unpaired) electrons. The van der Waals surface area contributed by atoms with E-state index in [9.17, 15) is 9.59 Å². The van der Waals surface area contributed by atoms with Crippen molar-refractivity contribution in [3.05, 3.63) is 0 Å². The molecule has 0 aromatic rings. The van der Waals surface area contributed by atoms with Crippen LogP contribution < -0.4 is 11.5 Å². The monoisotopic (exact) mass is 162 g/mol. The molecule has 0 atom stereocenters. The number of hydrogen-bond acceptors (Lipinski definition) is 5. The van der Waals surface area contributed by atoms with Crippen molar-refractivity contribution in [3.8, 4) is 0 Å². The van der Waals surface area contributed by atoms with Gasteiger partial charge in [0.15, 0.2) is 0 Å². The Bertz CT molecular complexity index is 177. The number of carbonyl (C=O) groups excluding carboxylic acids is 1. The first-order chi connectivity index (χ1) is 4.89. The molecule has 0 bridgehead atoms. The molecule has 0 aromatic heterocycles. The quantitative estimate of drug-likeness (QED) is 0.261. The Morgan fingerprint density at radius 1 is 1.55 bits per heavy atom. The number of carbonyl (C=O) groups is 2. The van der Waals surface area contributed by atoms with Gasteiger partial charge in [0.05, 0.1) is 0 Å². The first-order valence-corrected chi connectivity index (χ1v) is 2.93. The number of nitrogens with two attached hydrogens (primary N) is 2. The van der Waals surface area contributed by atoms with E-state index in [0.29, 0.717) is 0 Å². The van der Waals surface area contributed by atoms with Crippen LogP contribution in [0.25, 0.3) is 0 Å². The van der Waals surface area contributed by atoms with E-state index in [2.05, 4.69) is 4.74 Å². The van der Waals surface area contributed by atoms with E-state index in [1.54, 1.807) is 6.92 Å². The van der Waals surface area contributed by atoms with Crippen LogP contribution in [0.5, 0.6) is 0 Å². The third kappa shape index (κ3) is 3.54. The van der Waals surface area contributed by atoms with Gasteiger partial charge in [-0.1, -0.05) is 6.92 Å². The van der Waals surface area contributed by atoms with Crippen molar-refractivity contribution in [3.63, 3.8) is 0 Å². The second kappa shape index (κ2) is 3.31. The molecule has 0 saturated carbocycles. The van der Waals surface area contributed by atoms with E-state index in [0.717, 1.165) is 0 Å². The average Bonchev–Trinajstić information content (AvgIpc) is 1.87. The van der Waals surface area contributed by atoms with Crippen LogP contribution in [-0.4, -0.2) is 22.9 Å². The second-order valence-electron chi connectivity index (χ2n) is 2.00. The molecular formula is C5H10N2O4. The molecule has 5 N–H and O–H groups in total. The maximum atomic E-state index is 10.3. The molecule has 0 aromatic carbocycles. The lowest BCUT2D eigenvalue weighted by Crippen LogP contribution is -2.53. The van der Waals surface area contributed by atoms with E-state index in [-0.39, 0.29) is 6.42 Å². The summed E-state index contributed by atoms with van der Waals surface area (Å²) in [7, 11) is 0. The Morgan fingerprint density at radius 3 is 2.27 bits per heavy atom. The van der Waals surface area contributed by atoms with Crippen LogP contribution in [-0.2, 0) is 14.3 Å². The van der Waals surface area contributed by atoms with Gasteiger partial charge >= 0.3 is 11.9 Å². The Morgan fingerprint density at radius 2 is 2.00 bits per heavy atom. The van der Waals surface area contributed by atoms with Crippen LogP contribution in [0.3, 0.4) is 0 Å². The van der Waals surface area contributed by atoms with Gasteiger partial charge in [0.2, 0.25) is 5.85 Å². The SMILES string of the molecule is CCC(N)(N)OC(=O)C(=O)O. The lowest BCUT2D eigenvalue weighted by Gasteiger charge is -2.20. The molecule has 0 aliphatic carbocycles. The molecular weight excluding hydrogens is 152 g/mol. The van der Waals surface area contributed by atoms with Crippen molar-refractivity contribution in [1.82, 2.24) is 0 Å². The molecule has 6 heteroatoms. The molecule has 0 unspecified atom stereocenters. The molecule has 64 valence electrons. The van der Waals surface area contributed by atoms with Crippen LogP contribution in [0.1, 0.15) is 13.3 Å². The smallest absolute Gasteiger partial charge is 0.420 e. The zero-order valence-corrected chi connectivity index (χ0v) is 6.03. The molecule has 0 aliphatic heterocycles. The van der Waals surface area contributed by atoms with Crippen molar-refractivity contribution in [1.29, 1.82) is 0 Å². The summed E-state index contributed by atoms with van der Waals surface area (Å²) in [5.41, 5.74) is 10.3. The first-order valence-electron chi connectivity index (χ1n) is 2.93. The van der Waals surface area contributed by atoms with Crippen LogP contribution in [0.2, 0.25) is 0 Å². The van der Waals surface area contributed by atoms with E-state index < -0.39 is 17.8 Å². The molecule has 0 fully saturated rings. The minimum absolute atomic E-state index is 0.145. The van der Waals surface area contributed by atoms with Crippen molar-refractivity contribution in [2.24, 2.45) is 11.5 Å². The number of carboxylic acids is 1. The fourth-order valence-electron chi connectivity index (χ4n) is 0.288. The summed E-state index contributed by atoms with van der Waals surface area (Å²) in [5, 5.41) is 8.06. The number of rotatable bonds is 2. The lowest BCUT2D eigenvalue weighted by atomic mass is 10.3. The van der Waals surface area contributed by atoms with Crippen molar-refractivity contribution in [2.45, 2.75) is 19.2 Å². The fraction of sp³-hybridized carbons (Fsp3) is 0.600. The largest absolute Gasteiger partial charge is 0.473 e. The molecule has 0 spiro atoms. The maximum Gasteiger partial charge on any atom is 0.420 e. The van der Waals surface area contributed by atoms with E-state index >= 15 is 0 Å². The fourth-order valence-corrected chi connectivity index (χ4v) is 0.288. The standard InChI is InChI=1S/C5H10N2O4/c1-2-5(6,7)11-4(10)3(8)9/h2,6-7H2,1H3,(H,8,9). The van der Waals surface area contributed by atoms with Gasteiger partial charge in [-0.3, -0.25) is 11.5 Å². The maximum absolute atomic E-state index is 10.3. The summed E-state index contributed by atoms with van der Waals surface area (Å²) in [4.78, 5) is 20.2. The topological polar surface area (TPSA) is 116 Å². The number of hydrogen-bond donors (Lipinski definition) is 3. The second-order valence-corrected chi connectivity index (χ2v) is 2.00. The highest BCUT2D eigenvalue weighted by Gasteiger charge is 2.25. The Hall–Kier alpha value is -1.14. The van der Waals surface area contributed by atoms with Crippen molar-refractivity contribution < 1.29 is 19.4 Å². The number of esters is 1. The predicted molar refractivity (Wildman–Crippen MR) is 35.1 cm³/mol. The zero-order chi connectivity index (χ0) is 9.07. The molecule has 0 rings (SSSR count). The van der Waals surface area contributed by atoms with Gasteiger partial charge in [-0.05, 0) is 0 Å². The Labute approximate surface area is 63.1 Å². The highest BCUT2D eigenvalue weighted by molar-refractivity contribution is 6.28. The summed E-state index contributed by atoms with van der Waals surface area (Å²) in [6.07, 6.45) is 0.145. The van der Waals surface area contributed by atoms with Crippen molar-refractivity contribution >= 4 is 11.9 Å². The van der Waals surface area contributed by atoms with Gasteiger partial charge in [0, 0.05) is 6.42 Å². The summed E-state index contributed by atoms with van der Waals surface area (Å²) < 4.78 is 4.17. The van der Waals surface area contributed by atoms with E-state index in [1.807, 2.05) is 0 Å². The van der Waals surface area contributed by atoms with Gasteiger partial charge in [0.1, 0.15) is 0 Å². The molecule has 11 heavy (non-hydrogen) atoms. The highest BCUT2D eigenvalue weighted by Crippen LogP contribution is 1.99. The van der Waals surface area contributed by atoms with Crippen LogP contribution in [0, 0.1) is 0 Å². The number of ether oxygens (including phenoxy) is 1. The average molecular weight is 162 g/mol. The van der Waals surface area contributed by atoms with Gasteiger partial charge < -0.3 is 9.84 Å². The third-order valence-corrected chi connectivity index (χ3v) is 1.01. The number of carboxylic acid groups (broad SMARTS) is 1. The molecule has 0 saturated heterocycles. The zero-order valence-electron chi connectivity index (χ0n) is 6.03. The van der Waals surface area contributed by atoms with Gasteiger partial charge in [-0.25, -0.2) is 9.59 Å². The summed E-state index contributed by atoms with van der Waals surface area (Å²) in [6, 6.07) is 0. The third-order valence-electron chi connectivity index (χ3n) is 1.01. The summed E-state index contributed by atoms with van der Waals surface area (Å²) in [6.45, 7) is 1.56. The minimum atomic E-state index is -1.71. The first kappa shape index (κ1) is 9.86.